The van der Waals surface area contributed by atoms with Crippen molar-refractivity contribution in [1.82, 2.24) is 10.0 Å². The second-order valence-electron chi connectivity index (χ2n) is 6.21. The summed E-state index contributed by atoms with van der Waals surface area (Å²) < 4.78 is 40.4. The number of benzene rings is 2. The van der Waals surface area contributed by atoms with Crippen molar-refractivity contribution in [3.8, 4) is 11.1 Å². The topological polar surface area (TPSA) is 75.3 Å². The van der Waals surface area contributed by atoms with Crippen LogP contribution in [0.3, 0.4) is 0 Å². The SMILES string of the molecule is CNCCCS(=O)(=O)NCC(=O)c1cc(-c2cccc(C)c2)cc(Cl)c1F. The fourth-order valence-electron chi connectivity index (χ4n) is 2.57. The molecule has 146 valence electrons. The molecule has 0 spiro atoms. The Hall–Kier alpha value is -1.80. The van der Waals surface area contributed by atoms with Crippen LogP contribution in [-0.2, 0) is 10.0 Å². The zero-order valence-electron chi connectivity index (χ0n) is 15.2. The molecule has 0 fully saturated rings. The molecule has 2 N–H and O–H groups in total. The van der Waals surface area contributed by atoms with Gasteiger partial charge in [0, 0.05) is 0 Å². The van der Waals surface area contributed by atoms with Crippen LogP contribution in [0.4, 0.5) is 4.39 Å². The fourth-order valence-corrected chi connectivity index (χ4v) is 3.80. The average Bonchev–Trinajstić information content (AvgIpc) is 2.62. The molecular formula is C19H22ClFN2O3S. The molecule has 0 bridgehead atoms. The Bertz CT molecular complexity index is 933. The van der Waals surface area contributed by atoms with Gasteiger partial charge in [0.15, 0.2) is 11.6 Å². The van der Waals surface area contributed by atoms with Crippen LogP contribution in [0.1, 0.15) is 22.3 Å². The highest BCUT2D eigenvalue weighted by Gasteiger charge is 2.19. The van der Waals surface area contributed by atoms with E-state index in [1.54, 1.807) is 7.05 Å². The zero-order valence-corrected chi connectivity index (χ0v) is 16.8. The van der Waals surface area contributed by atoms with Gasteiger partial charge in [-0.3, -0.25) is 4.79 Å². The Labute approximate surface area is 164 Å². The normalized spacial score (nSPS) is 11.6. The van der Waals surface area contributed by atoms with Crippen LogP contribution < -0.4 is 10.0 Å². The van der Waals surface area contributed by atoms with Crippen molar-refractivity contribution in [2.75, 3.05) is 25.9 Å². The van der Waals surface area contributed by atoms with Gasteiger partial charge in [-0.25, -0.2) is 17.5 Å². The van der Waals surface area contributed by atoms with Gasteiger partial charge in [-0.2, -0.15) is 0 Å². The van der Waals surface area contributed by atoms with Gasteiger partial charge in [-0.1, -0.05) is 41.4 Å². The summed E-state index contributed by atoms with van der Waals surface area (Å²) in [6.07, 6.45) is 0.406. The summed E-state index contributed by atoms with van der Waals surface area (Å²) in [5.74, 6) is -1.65. The van der Waals surface area contributed by atoms with Crippen LogP contribution >= 0.6 is 11.6 Å². The summed E-state index contributed by atoms with van der Waals surface area (Å²) in [6.45, 7) is 1.94. The number of carbonyl (C=O) groups excluding carboxylic acids is 1. The highest BCUT2D eigenvalue weighted by molar-refractivity contribution is 7.89. The molecule has 27 heavy (non-hydrogen) atoms. The van der Waals surface area contributed by atoms with E-state index in [0.29, 0.717) is 18.5 Å². The summed E-state index contributed by atoms with van der Waals surface area (Å²) in [5.41, 5.74) is 2.15. The maximum Gasteiger partial charge on any atom is 0.212 e. The highest BCUT2D eigenvalue weighted by Crippen LogP contribution is 2.28. The molecule has 0 amide bonds. The molecular weight excluding hydrogens is 391 g/mol. The molecule has 0 aliphatic heterocycles. The van der Waals surface area contributed by atoms with Crippen LogP contribution in [0.15, 0.2) is 36.4 Å². The van der Waals surface area contributed by atoms with Crippen molar-refractivity contribution in [3.63, 3.8) is 0 Å². The van der Waals surface area contributed by atoms with E-state index in [-0.39, 0.29) is 16.3 Å². The van der Waals surface area contributed by atoms with Crippen molar-refractivity contribution in [2.45, 2.75) is 13.3 Å². The molecule has 0 aromatic heterocycles. The van der Waals surface area contributed by atoms with Gasteiger partial charge < -0.3 is 5.32 Å². The van der Waals surface area contributed by atoms with Crippen molar-refractivity contribution < 1.29 is 17.6 Å². The quantitative estimate of drug-likeness (QED) is 0.490. The van der Waals surface area contributed by atoms with Gasteiger partial charge >= 0.3 is 0 Å². The summed E-state index contributed by atoms with van der Waals surface area (Å²) in [7, 11) is -1.89. The van der Waals surface area contributed by atoms with Crippen molar-refractivity contribution in [1.29, 1.82) is 0 Å². The van der Waals surface area contributed by atoms with Crippen LogP contribution in [-0.4, -0.2) is 40.1 Å². The molecule has 0 aliphatic carbocycles. The summed E-state index contributed by atoms with van der Waals surface area (Å²) in [5, 5.41) is 2.66. The summed E-state index contributed by atoms with van der Waals surface area (Å²) in [4.78, 5) is 12.4. The molecule has 0 radical (unpaired) electrons. The third-order valence-electron chi connectivity index (χ3n) is 3.97. The minimum atomic E-state index is -3.61. The van der Waals surface area contributed by atoms with E-state index in [1.165, 1.54) is 12.1 Å². The molecule has 0 saturated heterocycles. The lowest BCUT2D eigenvalue weighted by Crippen LogP contribution is -2.32. The number of Topliss-reactive ketones (excluding diaryl/α,β-unsaturated/α-hetero) is 1. The van der Waals surface area contributed by atoms with Gasteiger partial charge in [0.25, 0.3) is 0 Å². The average molecular weight is 413 g/mol. The molecule has 0 atom stereocenters. The predicted molar refractivity (Wildman–Crippen MR) is 106 cm³/mol. The van der Waals surface area contributed by atoms with E-state index in [1.807, 2.05) is 31.2 Å². The number of rotatable bonds is 9. The first-order valence-corrected chi connectivity index (χ1v) is 10.5. The van der Waals surface area contributed by atoms with Crippen molar-refractivity contribution in [3.05, 3.63) is 58.4 Å². The van der Waals surface area contributed by atoms with E-state index < -0.39 is 28.2 Å². The number of nitrogens with one attached hydrogen (secondary N) is 2. The first-order chi connectivity index (χ1) is 12.7. The highest BCUT2D eigenvalue weighted by atomic mass is 35.5. The molecule has 5 nitrogen and oxygen atoms in total. The largest absolute Gasteiger partial charge is 0.320 e. The Kier molecular flexibility index (Phi) is 7.49. The Morgan fingerprint density at radius 2 is 1.93 bits per heavy atom. The van der Waals surface area contributed by atoms with Gasteiger partial charge in [-0.05, 0) is 50.2 Å². The molecule has 8 heteroatoms. The minimum Gasteiger partial charge on any atom is -0.320 e. The Morgan fingerprint density at radius 1 is 1.19 bits per heavy atom. The van der Waals surface area contributed by atoms with Crippen LogP contribution in [0.5, 0.6) is 0 Å². The predicted octanol–water partition coefficient (Wildman–Crippen LogP) is 3.17. The van der Waals surface area contributed by atoms with E-state index in [4.69, 9.17) is 11.6 Å². The zero-order chi connectivity index (χ0) is 20.0. The maximum atomic E-state index is 14.4. The molecule has 0 heterocycles. The molecule has 0 aliphatic rings. The molecule has 2 aromatic carbocycles. The van der Waals surface area contributed by atoms with Crippen molar-refractivity contribution >= 4 is 27.4 Å². The Morgan fingerprint density at radius 3 is 2.59 bits per heavy atom. The number of aryl methyl sites for hydroxylation is 1. The number of carbonyl (C=O) groups is 1. The number of ketones is 1. The minimum absolute atomic E-state index is 0.117. The third kappa shape index (κ3) is 6.10. The number of hydrogen-bond donors (Lipinski definition) is 2. The molecule has 2 rings (SSSR count). The van der Waals surface area contributed by atoms with Crippen LogP contribution in [0.25, 0.3) is 11.1 Å². The third-order valence-corrected chi connectivity index (χ3v) is 5.66. The lowest BCUT2D eigenvalue weighted by atomic mass is 9.99. The fraction of sp³-hybridized carbons (Fsp3) is 0.316. The van der Waals surface area contributed by atoms with E-state index in [0.717, 1.165) is 11.1 Å². The van der Waals surface area contributed by atoms with E-state index >= 15 is 0 Å². The molecule has 2 aromatic rings. The summed E-state index contributed by atoms with van der Waals surface area (Å²) in [6, 6.07) is 10.3. The Balaban J connectivity index is 2.21. The first kappa shape index (κ1) is 21.5. The lowest BCUT2D eigenvalue weighted by molar-refractivity contribution is 0.0993. The van der Waals surface area contributed by atoms with Crippen LogP contribution in [0, 0.1) is 12.7 Å². The number of hydrogen-bond acceptors (Lipinski definition) is 4. The molecule has 0 unspecified atom stereocenters. The second kappa shape index (κ2) is 9.41. The number of halogens is 2. The number of sulfonamides is 1. The van der Waals surface area contributed by atoms with E-state index in [9.17, 15) is 17.6 Å². The van der Waals surface area contributed by atoms with Gasteiger partial charge in [0.1, 0.15) is 0 Å². The van der Waals surface area contributed by atoms with Crippen molar-refractivity contribution in [2.24, 2.45) is 0 Å². The van der Waals surface area contributed by atoms with Gasteiger partial charge in [0.2, 0.25) is 10.0 Å². The maximum absolute atomic E-state index is 14.4. The smallest absolute Gasteiger partial charge is 0.212 e. The summed E-state index contributed by atoms with van der Waals surface area (Å²) >= 11 is 5.95. The standard InChI is InChI=1S/C19H22ClFN2O3S/c1-13-5-3-6-14(9-13)15-10-16(19(21)17(20)11-15)18(24)12-23-27(25,26)8-4-7-22-2/h3,5-6,9-11,22-23H,4,7-8,12H2,1-2H3. The van der Waals surface area contributed by atoms with Crippen LogP contribution in [0.2, 0.25) is 5.02 Å². The second-order valence-corrected chi connectivity index (χ2v) is 8.54. The van der Waals surface area contributed by atoms with Gasteiger partial charge in [-0.15, -0.1) is 0 Å². The lowest BCUT2D eigenvalue weighted by Gasteiger charge is -2.10. The monoisotopic (exact) mass is 412 g/mol. The van der Waals surface area contributed by atoms with E-state index in [2.05, 4.69) is 10.0 Å². The first-order valence-electron chi connectivity index (χ1n) is 8.44. The van der Waals surface area contributed by atoms with Gasteiger partial charge in [0.05, 0.1) is 22.9 Å². The molecule has 0 saturated carbocycles.